The number of rotatable bonds is 7. The molecule has 3 aromatic rings. The van der Waals surface area contributed by atoms with Gasteiger partial charge in [-0.2, -0.15) is 0 Å². The van der Waals surface area contributed by atoms with E-state index in [-0.39, 0.29) is 18.8 Å². The van der Waals surface area contributed by atoms with Crippen LogP contribution in [0.15, 0.2) is 72.8 Å². The number of carbonyl (C=O) groups excluding carboxylic acids is 2. The molecule has 1 heterocycles. The van der Waals surface area contributed by atoms with Gasteiger partial charge in [-0.25, -0.2) is 8.60 Å². The van der Waals surface area contributed by atoms with Crippen molar-refractivity contribution in [2.45, 2.75) is 24.7 Å². The molecule has 2 amide bonds. The minimum atomic E-state index is -1.60. The van der Waals surface area contributed by atoms with Crippen LogP contribution in [0.5, 0.6) is 0 Å². The highest BCUT2D eigenvalue weighted by molar-refractivity contribution is 7.82. The summed E-state index contributed by atoms with van der Waals surface area (Å²) in [5.74, 6) is -1.37. The molecule has 0 aromatic heterocycles. The molecular formula is C26H23Cl2FN2O4S. The van der Waals surface area contributed by atoms with Crippen LogP contribution in [-0.2, 0) is 31.7 Å². The Kier molecular flexibility index (Phi) is 8.41. The van der Waals surface area contributed by atoms with Gasteiger partial charge in [-0.3, -0.25) is 14.3 Å². The second-order valence-corrected chi connectivity index (χ2v) is 10.4. The molecule has 36 heavy (non-hydrogen) atoms. The van der Waals surface area contributed by atoms with Crippen molar-refractivity contribution in [2.24, 2.45) is 0 Å². The van der Waals surface area contributed by atoms with Gasteiger partial charge in [0.2, 0.25) is 0 Å². The molecule has 188 valence electrons. The normalized spacial score (nSPS) is 20.7. The van der Waals surface area contributed by atoms with Gasteiger partial charge in [-0.15, -0.1) is 0 Å². The van der Waals surface area contributed by atoms with E-state index in [4.69, 9.17) is 27.9 Å². The smallest absolute Gasteiger partial charge is 0.253 e. The SMILES string of the molecule is CS(=O)NC(=O)CN1C(=O)[C@H](Cc2ccc(F)cc2)OC(c2ccc(Cl)cc2)C1c1ccc(Cl)cc1. The van der Waals surface area contributed by atoms with E-state index >= 15 is 0 Å². The van der Waals surface area contributed by atoms with E-state index in [0.717, 1.165) is 5.56 Å². The lowest BCUT2D eigenvalue weighted by molar-refractivity contribution is -0.175. The molecule has 3 unspecified atom stereocenters. The quantitative estimate of drug-likeness (QED) is 0.460. The molecular weight excluding hydrogens is 526 g/mol. The average Bonchev–Trinajstić information content (AvgIpc) is 2.83. The van der Waals surface area contributed by atoms with E-state index in [2.05, 4.69) is 4.72 Å². The van der Waals surface area contributed by atoms with E-state index in [9.17, 15) is 18.2 Å². The van der Waals surface area contributed by atoms with Crippen LogP contribution in [-0.4, -0.2) is 39.8 Å². The second kappa shape index (κ2) is 11.5. The summed E-state index contributed by atoms with van der Waals surface area (Å²) < 4.78 is 33.8. The predicted molar refractivity (Wildman–Crippen MR) is 137 cm³/mol. The van der Waals surface area contributed by atoms with Gasteiger partial charge in [0.1, 0.15) is 35.6 Å². The van der Waals surface area contributed by atoms with E-state index in [1.807, 2.05) is 0 Å². The van der Waals surface area contributed by atoms with Crippen LogP contribution in [0.4, 0.5) is 4.39 Å². The maximum absolute atomic E-state index is 13.7. The Labute approximate surface area is 220 Å². The second-order valence-electron chi connectivity index (χ2n) is 8.37. The van der Waals surface area contributed by atoms with Crippen LogP contribution in [0.1, 0.15) is 28.8 Å². The Morgan fingerprint density at radius 3 is 2.08 bits per heavy atom. The van der Waals surface area contributed by atoms with Crippen molar-refractivity contribution in [3.05, 3.63) is 105 Å². The van der Waals surface area contributed by atoms with E-state index in [1.165, 1.54) is 23.3 Å². The predicted octanol–water partition coefficient (Wildman–Crippen LogP) is 4.79. The molecule has 10 heteroatoms. The number of hydrogen-bond acceptors (Lipinski definition) is 4. The van der Waals surface area contributed by atoms with Crippen molar-refractivity contribution in [2.75, 3.05) is 12.8 Å². The summed E-state index contributed by atoms with van der Waals surface area (Å²) in [7, 11) is -1.60. The van der Waals surface area contributed by atoms with Crippen LogP contribution in [0.3, 0.4) is 0 Å². The first-order chi connectivity index (χ1) is 17.2. The van der Waals surface area contributed by atoms with Crippen molar-refractivity contribution in [1.82, 2.24) is 9.62 Å². The summed E-state index contributed by atoms with van der Waals surface area (Å²) in [6.45, 7) is -0.334. The Morgan fingerprint density at radius 2 is 1.53 bits per heavy atom. The molecule has 0 aliphatic carbocycles. The highest BCUT2D eigenvalue weighted by Gasteiger charge is 2.44. The third-order valence-corrected chi connectivity index (χ3v) is 6.83. The van der Waals surface area contributed by atoms with Crippen molar-refractivity contribution in [3.63, 3.8) is 0 Å². The zero-order chi connectivity index (χ0) is 25.8. The summed E-state index contributed by atoms with van der Waals surface area (Å²) in [6.07, 6.45) is -0.0936. The van der Waals surface area contributed by atoms with Gasteiger partial charge >= 0.3 is 0 Å². The van der Waals surface area contributed by atoms with Gasteiger partial charge in [0.25, 0.3) is 11.8 Å². The van der Waals surface area contributed by atoms with Gasteiger partial charge in [0.05, 0.1) is 6.04 Å². The van der Waals surface area contributed by atoms with E-state index in [1.54, 1.807) is 60.7 Å². The fourth-order valence-corrected chi connectivity index (χ4v) is 4.85. The Bertz CT molecular complexity index is 1260. The molecule has 1 saturated heterocycles. The lowest BCUT2D eigenvalue weighted by atomic mass is 9.90. The molecule has 4 atom stereocenters. The van der Waals surface area contributed by atoms with Gasteiger partial charge in [-0.05, 0) is 53.1 Å². The summed E-state index contributed by atoms with van der Waals surface area (Å²) in [5.41, 5.74) is 2.16. The Hall–Kier alpha value is -2.78. The molecule has 1 aliphatic heterocycles. The standard InChI is InChI=1S/C26H23Cl2FN2O4S/c1-36(34)30-23(32)15-31-24(17-4-8-19(27)9-5-17)25(18-6-10-20(28)11-7-18)35-22(26(31)33)14-16-2-12-21(29)13-3-16/h2-13,22,24-25H,14-15H2,1H3,(H,30,32)/t22-,24?,25?,36?/m0/s1. The third-order valence-electron chi connectivity index (χ3n) is 5.81. The summed E-state index contributed by atoms with van der Waals surface area (Å²) in [4.78, 5) is 27.8. The molecule has 0 spiro atoms. The number of nitrogens with one attached hydrogen (secondary N) is 1. The highest BCUT2D eigenvalue weighted by atomic mass is 35.5. The first-order valence-corrected chi connectivity index (χ1v) is 13.4. The molecule has 1 fully saturated rings. The number of benzene rings is 3. The molecule has 1 N–H and O–H groups in total. The average molecular weight is 549 g/mol. The molecule has 0 radical (unpaired) electrons. The lowest BCUT2D eigenvalue weighted by Gasteiger charge is -2.44. The fraction of sp³-hybridized carbons (Fsp3) is 0.231. The molecule has 0 bridgehead atoms. The lowest BCUT2D eigenvalue weighted by Crippen LogP contribution is -2.54. The van der Waals surface area contributed by atoms with Crippen LogP contribution in [0.2, 0.25) is 10.0 Å². The first kappa shape index (κ1) is 26.3. The molecule has 1 aliphatic rings. The summed E-state index contributed by atoms with van der Waals surface area (Å²) >= 11 is 12.2. The highest BCUT2D eigenvalue weighted by Crippen LogP contribution is 2.43. The summed E-state index contributed by atoms with van der Waals surface area (Å²) in [5, 5.41) is 1.06. The van der Waals surface area contributed by atoms with Gasteiger partial charge < -0.3 is 9.64 Å². The number of hydrogen-bond donors (Lipinski definition) is 1. The minimum Gasteiger partial charge on any atom is -0.358 e. The minimum absolute atomic E-state index is 0.175. The maximum Gasteiger partial charge on any atom is 0.253 e. The number of morpholine rings is 1. The largest absolute Gasteiger partial charge is 0.358 e. The molecule has 4 rings (SSSR count). The number of ether oxygens (including phenoxy) is 1. The first-order valence-electron chi connectivity index (χ1n) is 11.1. The number of carbonyl (C=O) groups is 2. The van der Waals surface area contributed by atoms with Crippen molar-refractivity contribution in [1.29, 1.82) is 0 Å². The Morgan fingerprint density at radius 1 is 0.972 bits per heavy atom. The van der Waals surface area contributed by atoms with Gasteiger partial charge in [-0.1, -0.05) is 59.6 Å². The molecule has 3 aromatic carbocycles. The number of halogens is 3. The maximum atomic E-state index is 13.7. The van der Waals surface area contributed by atoms with Crippen molar-refractivity contribution < 1.29 is 22.9 Å². The van der Waals surface area contributed by atoms with Crippen molar-refractivity contribution in [3.8, 4) is 0 Å². The topological polar surface area (TPSA) is 75.7 Å². The number of amides is 2. The van der Waals surface area contributed by atoms with Gasteiger partial charge in [0, 0.05) is 22.7 Å². The molecule has 6 nitrogen and oxygen atoms in total. The van der Waals surface area contributed by atoms with Crippen LogP contribution < -0.4 is 4.72 Å². The third kappa shape index (κ3) is 6.31. The van der Waals surface area contributed by atoms with E-state index < -0.39 is 41.0 Å². The zero-order valence-corrected chi connectivity index (χ0v) is 21.5. The van der Waals surface area contributed by atoms with Crippen LogP contribution in [0.25, 0.3) is 0 Å². The summed E-state index contributed by atoms with van der Waals surface area (Å²) in [6, 6.07) is 19.1. The van der Waals surface area contributed by atoms with Crippen LogP contribution in [0, 0.1) is 5.82 Å². The van der Waals surface area contributed by atoms with Crippen LogP contribution >= 0.6 is 23.2 Å². The van der Waals surface area contributed by atoms with E-state index in [0.29, 0.717) is 21.2 Å². The van der Waals surface area contributed by atoms with Gasteiger partial charge in [0.15, 0.2) is 0 Å². The van der Waals surface area contributed by atoms with Crippen molar-refractivity contribution >= 4 is 46.0 Å². The Balaban J connectivity index is 1.77. The number of nitrogens with zero attached hydrogens (tertiary/aromatic N) is 1. The monoisotopic (exact) mass is 548 g/mol. The zero-order valence-electron chi connectivity index (χ0n) is 19.2. The molecule has 0 saturated carbocycles. The fourth-order valence-electron chi connectivity index (χ4n) is 4.22.